The van der Waals surface area contributed by atoms with Gasteiger partial charge in [-0.2, -0.15) is 0 Å². The first-order chi connectivity index (χ1) is 11.3. The van der Waals surface area contributed by atoms with Gasteiger partial charge in [-0.1, -0.05) is 0 Å². The quantitative estimate of drug-likeness (QED) is 0.279. The van der Waals surface area contributed by atoms with Crippen LogP contribution in [0.3, 0.4) is 0 Å². The molecule has 5 rings (SSSR count). The predicted molar refractivity (Wildman–Crippen MR) is 104 cm³/mol. The van der Waals surface area contributed by atoms with Crippen LogP contribution in [0.25, 0.3) is 38.8 Å². The molecule has 0 N–H and O–H groups in total. The van der Waals surface area contributed by atoms with E-state index in [1.54, 1.807) is 6.98 Å². The van der Waals surface area contributed by atoms with E-state index < -0.39 is 0 Å². The van der Waals surface area contributed by atoms with Gasteiger partial charge in [0, 0.05) is 0 Å². The zero-order valence-electron chi connectivity index (χ0n) is 12.7. The van der Waals surface area contributed by atoms with Crippen LogP contribution >= 0.6 is 11.3 Å². The first-order valence-corrected chi connectivity index (χ1v) is 10.8. The van der Waals surface area contributed by atoms with Gasteiger partial charge in [0.25, 0.3) is 0 Å². The van der Waals surface area contributed by atoms with E-state index in [-0.39, 0.29) is 20.4 Å². The van der Waals surface area contributed by atoms with E-state index in [2.05, 4.69) is 73.7 Å². The third-order valence-electron chi connectivity index (χ3n) is 4.29. The minimum absolute atomic E-state index is 0.273. The molecule has 2 aromatic heterocycles. The summed E-state index contributed by atoms with van der Waals surface area (Å²) in [4.78, 5) is 1.39. The Bertz CT molecular complexity index is 1090. The molecule has 5 aromatic rings. The number of hydrogen-bond donors (Lipinski definition) is 0. The van der Waals surface area contributed by atoms with E-state index in [0.717, 1.165) is 0 Å². The summed E-state index contributed by atoms with van der Waals surface area (Å²) in [5.74, 6) is 0. The molecule has 0 bridgehead atoms. The molecular weight excluding hydrogens is 412 g/mol. The van der Waals surface area contributed by atoms with Crippen LogP contribution in [0.4, 0.5) is 0 Å². The van der Waals surface area contributed by atoms with E-state index in [0.29, 0.717) is 0 Å². The van der Waals surface area contributed by atoms with Crippen LogP contribution in [-0.2, 0) is 0 Å². The summed E-state index contributed by atoms with van der Waals surface area (Å²) in [6.45, 7) is 2.19. The Morgan fingerprint density at radius 1 is 0.739 bits per heavy atom. The summed E-state index contributed by atoms with van der Waals surface area (Å²) in [7, 11) is 0. The second-order valence-electron chi connectivity index (χ2n) is 5.96. The summed E-state index contributed by atoms with van der Waals surface area (Å²) >= 11 is 1.62. The van der Waals surface area contributed by atoms with Crippen molar-refractivity contribution in [3.8, 4) is 9.14 Å². The summed E-state index contributed by atoms with van der Waals surface area (Å²) < 4.78 is 4.54. The fourth-order valence-corrected chi connectivity index (χ4v) is 7.29. The maximum absolute atomic E-state index is 2.44. The Balaban J connectivity index is 1.77. The molecule has 2 heterocycles. The summed E-state index contributed by atoms with van der Waals surface area (Å²) in [6.07, 6.45) is 0. The Hall–Kier alpha value is -1.59. The van der Waals surface area contributed by atoms with E-state index in [4.69, 9.17) is 0 Å². The van der Waals surface area contributed by atoms with Crippen molar-refractivity contribution in [1.82, 2.24) is 0 Å². The molecule has 0 radical (unpaired) electrons. The van der Waals surface area contributed by atoms with Gasteiger partial charge in [-0.3, -0.25) is 0 Å². The van der Waals surface area contributed by atoms with Crippen LogP contribution in [0.2, 0.25) is 0 Å². The number of benzene rings is 3. The van der Waals surface area contributed by atoms with Gasteiger partial charge >= 0.3 is 149 Å². The normalized spacial score (nSPS) is 11.7. The van der Waals surface area contributed by atoms with Crippen molar-refractivity contribution in [1.29, 1.82) is 0 Å². The van der Waals surface area contributed by atoms with Crippen molar-refractivity contribution in [2.45, 2.75) is 6.92 Å². The van der Waals surface area contributed by atoms with Crippen molar-refractivity contribution in [2.24, 2.45) is 0 Å². The van der Waals surface area contributed by atoms with Gasteiger partial charge in [-0.25, -0.2) is 0 Å². The molecule has 0 amide bonds. The number of aryl methyl sites for hydroxylation is 1. The molecule has 0 nitrogen and oxygen atoms in total. The zero-order chi connectivity index (χ0) is 15.4. The van der Waals surface area contributed by atoms with Crippen LogP contribution in [0.5, 0.6) is 0 Å². The molecule has 0 saturated heterocycles. The van der Waals surface area contributed by atoms with E-state index in [1.807, 2.05) is 11.3 Å². The SMILES string of the molecule is Cc1cc2cc3cc4cc(-c5ccccc5)[te]c4cc3cc2s1. The summed E-state index contributed by atoms with van der Waals surface area (Å²) in [6, 6.07) is 25.1. The molecule has 0 aliphatic rings. The first kappa shape index (κ1) is 13.8. The second-order valence-corrected chi connectivity index (χ2v) is 10.3. The molecule has 3 aromatic carbocycles. The van der Waals surface area contributed by atoms with E-state index in [9.17, 15) is 0 Å². The third-order valence-corrected chi connectivity index (χ3v) is 8.58. The fourth-order valence-electron chi connectivity index (χ4n) is 3.20. The average molecular weight is 426 g/mol. The fraction of sp³-hybridized carbons (Fsp3) is 0.0476. The molecule has 0 spiro atoms. The molecule has 0 atom stereocenters. The van der Waals surface area contributed by atoms with Crippen LogP contribution < -0.4 is 0 Å². The van der Waals surface area contributed by atoms with Gasteiger partial charge in [0.05, 0.1) is 0 Å². The molecule has 0 fully saturated rings. The molecule has 2 heteroatoms. The molecule has 0 saturated carbocycles. The Labute approximate surface area is 148 Å². The average Bonchev–Trinajstić information content (AvgIpc) is 3.12. The second kappa shape index (κ2) is 5.21. The monoisotopic (exact) mass is 428 g/mol. The van der Waals surface area contributed by atoms with E-state index in [1.165, 1.54) is 36.7 Å². The number of fused-ring (bicyclic) bond motifs is 3. The summed E-state index contributed by atoms with van der Waals surface area (Å²) in [5.41, 5.74) is 1.40. The third kappa shape index (κ3) is 2.34. The van der Waals surface area contributed by atoms with Crippen molar-refractivity contribution >= 4 is 61.4 Å². The van der Waals surface area contributed by atoms with Crippen molar-refractivity contribution < 1.29 is 0 Å². The van der Waals surface area contributed by atoms with Crippen LogP contribution in [0.1, 0.15) is 4.88 Å². The van der Waals surface area contributed by atoms with Gasteiger partial charge in [-0.05, 0) is 0 Å². The first-order valence-electron chi connectivity index (χ1n) is 7.69. The van der Waals surface area contributed by atoms with E-state index >= 15 is 0 Å². The van der Waals surface area contributed by atoms with Gasteiger partial charge in [-0.15, -0.1) is 0 Å². The number of thiophene rings is 1. The molecule has 0 unspecified atom stereocenters. The predicted octanol–water partition coefficient (Wildman–Crippen LogP) is 6.24. The Morgan fingerprint density at radius 2 is 1.52 bits per heavy atom. The maximum atomic E-state index is 2.44. The molecule has 23 heavy (non-hydrogen) atoms. The minimum atomic E-state index is -0.273. The van der Waals surface area contributed by atoms with Crippen molar-refractivity contribution in [3.05, 3.63) is 71.6 Å². The van der Waals surface area contributed by atoms with Crippen LogP contribution in [0.15, 0.2) is 66.7 Å². The summed E-state index contributed by atoms with van der Waals surface area (Å²) in [5, 5.41) is 5.57. The van der Waals surface area contributed by atoms with Crippen molar-refractivity contribution in [2.75, 3.05) is 0 Å². The zero-order valence-corrected chi connectivity index (χ0v) is 15.8. The van der Waals surface area contributed by atoms with Crippen molar-refractivity contribution in [3.63, 3.8) is 0 Å². The topological polar surface area (TPSA) is 0 Å². The Morgan fingerprint density at radius 3 is 2.39 bits per heavy atom. The molecular formula is C21H14STe. The van der Waals surface area contributed by atoms with Crippen LogP contribution in [0, 0.1) is 6.92 Å². The molecule has 110 valence electrons. The van der Waals surface area contributed by atoms with Gasteiger partial charge in [0.1, 0.15) is 0 Å². The van der Waals surface area contributed by atoms with Crippen LogP contribution in [-0.4, -0.2) is 20.4 Å². The number of rotatable bonds is 1. The van der Waals surface area contributed by atoms with Gasteiger partial charge in [0.15, 0.2) is 0 Å². The Kier molecular flexibility index (Phi) is 3.13. The van der Waals surface area contributed by atoms with Gasteiger partial charge < -0.3 is 0 Å². The molecule has 0 aliphatic heterocycles. The number of hydrogen-bond acceptors (Lipinski definition) is 1. The standard InChI is InChI=1S/C21H14STe/c1-13-7-17-8-15-9-18-12-20(14-5-3-2-4-6-14)23-21(18)11-16(15)10-19(17)22-13/h2-12H,1H3. The van der Waals surface area contributed by atoms with Gasteiger partial charge in [0.2, 0.25) is 0 Å². The molecule has 0 aliphatic carbocycles.